The Kier molecular flexibility index (Phi) is 27.3. The van der Waals surface area contributed by atoms with Gasteiger partial charge in [-0.2, -0.15) is 0 Å². The number of amides is 12. The molecule has 0 saturated heterocycles. The van der Waals surface area contributed by atoms with Crippen LogP contribution in [0.2, 0.25) is 0 Å². The molecule has 7 aliphatic rings. The van der Waals surface area contributed by atoms with E-state index >= 15 is 0 Å². The summed E-state index contributed by atoms with van der Waals surface area (Å²) >= 11 is 0. The van der Waals surface area contributed by atoms with Crippen LogP contribution in [0, 0.1) is 0 Å². The highest BCUT2D eigenvalue weighted by atomic mass is 16.5. The average Bonchev–Trinajstić information content (AvgIpc) is 1.73. The molecule has 0 radical (unpaired) electrons. The Bertz CT molecular complexity index is 5500. The van der Waals surface area contributed by atoms with Crippen molar-refractivity contribution in [1.82, 2.24) is 29.4 Å². The van der Waals surface area contributed by atoms with Crippen molar-refractivity contribution >= 4 is 70.9 Å². The van der Waals surface area contributed by atoms with Crippen LogP contribution in [0.15, 0.2) is 255 Å². The first kappa shape index (κ1) is 91.4. The van der Waals surface area contributed by atoms with E-state index in [0.717, 1.165) is 66.8 Å². The number of unbranched alkanes of at least 4 members (excludes halogenated alkanes) is 6. The number of rotatable bonds is 36. The van der Waals surface area contributed by atoms with Gasteiger partial charge in [0, 0.05) is 77.8 Å². The molecule has 12 aromatic rings. The van der Waals surface area contributed by atoms with Crippen LogP contribution in [0.4, 0.5) is 0 Å². The van der Waals surface area contributed by atoms with Crippen molar-refractivity contribution in [3.63, 3.8) is 0 Å². The molecule has 6 heterocycles. The summed E-state index contributed by atoms with van der Waals surface area (Å²) in [7, 11) is 0. The molecule has 19 rings (SSSR count). The van der Waals surface area contributed by atoms with Crippen LogP contribution in [-0.4, -0.2) is 179 Å². The molecule has 0 unspecified atom stereocenters. The van der Waals surface area contributed by atoms with Crippen molar-refractivity contribution in [2.45, 2.75) is 116 Å². The van der Waals surface area contributed by atoms with Crippen LogP contribution in [0.5, 0.6) is 34.5 Å². The van der Waals surface area contributed by atoms with Gasteiger partial charge in [0.2, 0.25) is 0 Å². The summed E-state index contributed by atoms with van der Waals surface area (Å²) in [5, 5.41) is 0. The average molecular weight is 1840 g/mol. The summed E-state index contributed by atoms with van der Waals surface area (Å²) in [6.07, 6.45) is 6.91. The molecule has 0 aromatic heterocycles. The predicted octanol–water partition coefficient (Wildman–Crippen LogP) is 18.3. The zero-order chi connectivity index (χ0) is 94.9. The standard InChI is InChI=1S/C114H102N6O18/c121-103-85-43-1-2-44-86(85)104(122)115(103)55-13-19-61-133-97-73-31-25-32-74(97)68-76-34-27-36-78(99(76)135-63-21-15-57-117-107(125)89-47-5-6-48-90(89)108(117)126)70-80-38-29-40-82(101(80)137-65-23-17-59-119-111(129)93-51-9-10-52-94(93)112(119)130)72-84-42-30-41-83(102(84)138-66-24-18-60-120-113(131)95-53-11-12-54-96(95)114(120)132)71-81-39-28-37-79(100(81)136-64-22-16-58-118-109(127)91-49-7-8-50-92(91)110(118)128)69-77-35-26-33-75(67-73)98(77)134-62-20-14-56-116-105(123)87-45-3-4-46-88(87)106(116)124/h1-12,25-54H,13-24,55-72H2. The van der Waals surface area contributed by atoms with Crippen molar-refractivity contribution in [2.24, 2.45) is 0 Å². The van der Waals surface area contributed by atoms with Gasteiger partial charge in [-0.3, -0.25) is 86.9 Å². The molecule has 0 fully saturated rings. The predicted molar refractivity (Wildman–Crippen MR) is 515 cm³/mol. The summed E-state index contributed by atoms with van der Waals surface area (Å²) < 4.78 is 43.3. The zero-order valence-electron chi connectivity index (χ0n) is 76.5. The third kappa shape index (κ3) is 18.7. The third-order valence-electron chi connectivity index (χ3n) is 26.8. The number of hydrogen-bond donors (Lipinski definition) is 0. The van der Waals surface area contributed by atoms with Gasteiger partial charge in [0.05, 0.1) is 106 Å². The molecule has 0 atom stereocenters. The van der Waals surface area contributed by atoms with Gasteiger partial charge in [-0.25, -0.2) is 0 Å². The van der Waals surface area contributed by atoms with E-state index in [-0.39, 0.29) is 188 Å². The minimum absolute atomic E-state index is 0.166. The largest absolute Gasteiger partial charge is 0.493 e. The van der Waals surface area contributed by atoms with Crippen molar-refractivity contribution in [3.8, 4) is 34.5 Å². The Morgan fingerprint density at radius 2 is 0.254 bits per heavy atom. The first-order valence-electron chi connectivity index (χ1n) is 47.7. The smallest absolute Gasteiger partial charge is 0.261 e. The van der Waals surface area contributed by atoms with E-state index in [0.29, 0.717) is 178 Å². The van der Waals surface area contributed by atoms with Gasteiger partial charge < -0.3 is 28.4 Å². The molecule has 138 heavy (non-hydrogen) atoms. The maximum Gasteiger partial charge on any atom is 0.261 e. The van der Waals surface area contributed by atoms with Gasteiger partial charge in [-0.15, -0.1) is 0 Å². The summed E-state index contributed by atoms with van der Waals surface area (Å²) in [5.74, 6) is -0.592. The second-order valence-corrected chi connectivity index (χ2v) is 35.7. The highest BCUT2D eigenvalue weighted by Gasteiger charge is 2.41. The van der Waals surface area contributed by atoms with Gasteiger partial charge in [-0.1, -0.05) is 182 Å². The van der Waals surface area contributed by atoms with Crippen molar-refractivity contribution in [3.05, 3.63) is 388 Å². The second kappa shape index (κ2) is 41.2. The van der Waals surface area contributed by atoms with Gasteiger partial charge in [-0.05, 0) is 217 Å². The molecule has 6 aliphatic heterocycles. The van der Waals surface area contributed by atoms with E-state index < -0.39 is 0 Å². The van der Waals surface area contributed by atoms with E-state index in [4.69, 9.17) is 28.4 Å². The Balaban J connectivity index is 0.705. The van der Waals surface area contributed by atoms with Crippen LogP contribution < -0.4 is 28.4 Å². The van der Waals surface area contributed by atoms with Crippen LogP contribution >= 0.6 is 0 Å². The lowest BCUT2D eigenvalue weighted by Crippen LogP contribution is -2.30. The van der Waals surface area contributed by atoms with Gasteiger partial charge in [0.15, 0.2) is 0 Å². The fraction of sp³-hybridized carbons (Fsp3) is 0.263. The topological polar surface area (TPSA) is 280 Å². The van der Waals surface area contributed by atoms with E-state index in [1.807, 2.05) is 109 Å². The molecule has 24 heteroatoms. The van der Waals surface area contributed by atoms with E-state index in [2.05, 4.69) is 0 Å². The van der Waals surface area contributed by atoms with Crippen LogP contribution in [0.1, 0.15) is 268 Å². The molecule has 0 saturated carbocycles. The minimum Gasteiger partial charge on any atom is -0.493 e. The number of carbonyl (C=O) groups excluding carboxylic acids is 12. The fourth-order valence-corrected chi connectivity index (χ4v) is 19.8. The molecule has 696 valence electrons. The quantitative estimate of drug-likeness (QED) is 0.0260. The van der Waals surface area contributed by atoms with Crippen LogP contribution in [-0.2, 0) is 38.5 Å². The van der Waals surface area contributed by atoms with Crippen molar-refractivity contribution in [2.75, 3.05) is 78.9 Å². The van der Waals surface area contributed by atoms with Gasteiger partial charge in [0.25, 0.3) is 70.9 Å². The minimum atomic E-state index is -0.345. The number of benzene rings is 12. The molecule has 0 spiro atoms. The SMILES string of the molecule is O=C1c2ccccc2C(=O)N1CCCCOc1c2cccc1Cc1cccc(c1OCCCCN1C(=O)c3ccccc3C1=O)Cc1cccc(c1OCCCCN1C(=O)c3ccccc3C1=O)Cc1cccc(c1OCCCCN1C(=O)c3ccccc3C1=O)Cc1cccc(c1OCCCCN1C(=O)c3ccccc3C1=O)Cc1cccc(c1OCCCCN1C(=O)c3ccccc3C1=O)C2. The second-order valence-electron chi connectivity index (χ2n) is 35.7. The number of carbonyl (C=O) groups is 12. The van der Waals surface area contributed by atoms with E-state index in [9.17, 15) is 57.5 Å². The normalized spacial score (nSPS) is 14.7. The van der Waals surface area contributed by atoms with Crippen LogP contribution in [0.3, 0.4) is 0 Å². The molecule has 24 nitrogen and oxygen atoms in total. The highest BCUT2D eigenvalue weighted by Crippen LogP contribution is 2.43. The molecule has 12 bridgehead atoms. The lowest BCUT2D eigenvalue weighted by Gasteiger charge is -2.23. The lowest BCUT2D eigenvalue weighted by atomic mass is 9.91. The molecular weight excluding hydrogens is 1740 g/mol. The van der Waals surface area contributed by atoms with Gasteiger partial charge in [0.1, 0.15) is 34.5 Å². The van der Waals surface area contributed by atoms with E-state index in [1.54, 1.807) is 146 Å². The number of nitrogens with zero attached hydrogens (tertiary/aromatic N) is 6. The monoisotopic (exact) mass is 1840 g/mol. The number of imide groups is 6. The summed E-state index contributed by atoms with van der Waals surface area (Å²) in [4.78, 5) is 173. The number of para-hydroxylation sites is 6. The number of hydrogen-bond acceptors (Lipinski definition) is 18. The van der Waals surface area contributed by atoms with Crippen LogP contribution in [0.25, 0.3) is 0 Å². The summed E-state index contributed by atoms with van der Waals surface area (Å²) in [6.45, 7) is 2.10. The highest BCUT2D eigenvalue weighted by molar-refractivity contribution is 6.25. The Morgan fingerprint density at radius 1 is 0.145 bits per heavy atom. The van der Waals surface area contributed by atoms with Crippen molar-refractivity contribution < 1.29 is 86.0 Å². The summed E-state index contributed by atoms with van der Waals surface area (Å²) in [6, 6.07) is 77.5. The third-order valence-corrected chi connectivity index (χ3v) is 26.8. The lowest BCUT2D eigenvalue weighted by molar-refractivity contribution is 0.0634. The first-order chi connectivity index (χ1) is 67.5. The zero-order valence-corrected chi connectivity index (χ0v) is 76.5. The maximum atomic E-state index is 13.7. The Morgan fingerprint density at radius 3 is 0.362 bits per heavy atom. The molecule has 1 aliphatic carbocycles. The number of ether oxygens (including phenoxy) is 6. The van der Waals surface area contributed by atoms with E-state index in [1.165, 1.54) is 29.4 Å². The fourth-order valence-electron chi connectivity index (χ4n) is 19.8. The molecular formula is C114H102N6O18. The molecule has 12 aromatic carbocycles. The summed E-state index contributed by atoms with van der Waals surface area (Å²) in [5.41, 5.74) is 14.1. The number of fused-ring (bicyclic) bond motifs is 18. The van der Waals surface area contributed by atoms with Gasteiger partial charge >= 0.3 is 0 Å². The first-order valence-corrected chi connectivity index (χ1v) is 47.7. The van der Waals surface area contributed by atoms with Crippen molar-refractivity contribution in [1.29, 1.82) is 0 Å². The molecule has 0 N–H and O–H groups in total. The maximum absolute atomic E-state index is 13.7. The molecule has 12 amide bonds. The Labute approximate surface area is 799 Å². The Hall–Kier alpha value is -15.7.